The molecule has 4 aliphatic heterocycles. The van der Waals surface area contributed by atoms with E-state index >= 15 is 0 Å². The van der Waals surface area contributed by atoms with E-state index in [0.29, 0.717) is 0 Å². The summed E-state index contributed by atoms with van der Waals surface area (Å²) in [4.78, 5) is 10.6. The highest BCUT2D eigenvalue weighted by Crippen LogP contribution is 2.38. The van der Waals surface area contributed by atoms with Gasteiger partial charge in [-0.3, -0.25) is 0 Å². The van der Waals surface area contributed by atoms with Crippen molar-refractivity contribution in [3.63, 3.8) is 0 Å². The molecule has 4 aliphatic rings. The molecule has 0 amide bonds. The van der Waals surface area contributed by atoms with Gasteiger partial charge in [0.15, 0.2) is 25.0 Å². The Morgan fingerprint density at radius 2 is 0.672 bits per heavy atom. The Balaban J connectivity index is 1.62. The first kappa shape index (κ1) is 49.8. The average molecular weight is 849 g/mol. The van der Waals surface area contributed by atoms with Gasteiger partial charge in [0.25, 0.3) is 0 Å². The van der Waals surface area contributed by atoms with Crippen LogP contribution in [0.2, 0.25) is 0 Å². The van der Waals surface area contributed by atoms with Gasteiger partial charge >= 0.3 is 0 Å². The van der Waals surface area contributed by atoms with E-state index in [1.807, 2.05) is 0 Å². The summed E-state index contributed by atoms with van der Waals surface area (Å²) in [5.74, 6) is 0. The van der Waals surface area contributed by atoms with E-state index in [1.54, 1.807) is 49.8 Å². The molecule has 4 fully saturated rings. The Morgan fingerprint density at radius 1 is 0.345 bits per heavy atom. The first-order chi connectivity index (χ1) is 28.2. The normalized spacial score (nSPS) is 42.5. The SMILES string of the molecule is COCC1OCC(OC)[C@H](OC)[C@H]1O[C@H]1OC(COC)[C@H](O[C@H]2OC(COC)[C@H](O[C@H]3OC(COC)[C@H](OOC)[C@@H](OC)C3OC)[C@@H](OC)C2OC)[C@@H](OC)C1OC. The number of hydrogen-bond donors (Lipinski definition) is 0. The highest BCUT2D eigenvalue weighted by Gasteiger charge is 2.57. The van der Waals surface area contributed by atoms with E-state index < -0.39 is 117 Å². The van der Waals surface area contributed by atoms with E-state index in [0.717, 1.165) is 0 Å². The summed E-state index contributed by atoms with van der Waals surface area (Å²) in [6.07, 6.45) is -14.6. The molecule has 0 radical (unpaired) electrons. The van der Waals surface area contributed by atoms with Crippen LogP contribution in [0.25, 0.3) is 0 Å². The Hall–Kier alpha value is -0.840. The van der Waals surface area contributed by atoms with Crippen LogP contribution in [-0.2, 0) is 99.8 Å². The number of ether oxygens (including phenoxy) is 19. The Morgan fingerprint density at radius 3 is 1.00 bits per heavy atom. The van der Waals surface area contributed by atoms with E-state index in [2.05, 4.69) is 0 Å². The van der Waals surface area contributed by atoms with Gasteiger partial charge in [0.2, 0.25) is 0 Å². The first-order valence-electron chi connectivity index (χ1n) is 19.1. The molecule has 0 aromatic carbocycles. The van der Waals surface area contributed by atoms with Crippen molar-refractivity contribution in [2.24, 2.45) is 0 Å². The fraction of sp³-hybridized carbons (Fsp3) is 1.00. The summed E-state index contributed by atoms with van der Waals surface area (Å²) in [5.41, 5.74) is 0. The average Bonchev–Trinajstić information content (AvgIpc) is 3.23. The second kappa shape index (κ2) is 25.3. The molecule has 19 atom stereocenters. The molecule has 21 heteroatoms. The molecule has 0 aromatic heterocycles. The van der Waals surface area contributed by atoms with Gasteiger partial charge in [-0.1, -0.05) is 0 Å². The van der Waals surface area contributed by atoms with E-state index in [9.17, 15) is 0 Å². The van der Waals surface area contributed by atoms with Crippen LogP contribution in [0.1, 0.15) is 0 Å². The summed E-state index contributed by atoms with van der Waals surface area (Å²) < 4.78 is 116. The summed E-state index contributed by atoms with van der Waals surface area (Å²) in [7, 11) is 20.0. The fourth-order valence-electron chi connectivity index (χ4n) is 8.22. The molecule has 8 unspecified atom stereocenters. The van der Waals surface area contributed by atoms with Crippen molar-refractivity contribution in [2.75, 3.05) is 125 Å². The van der Waals surface area contributed by atoms with Gasteiger partial charge in [0, 0.05) is 85.3 Å². The van der Waals surface area contributed by atoms with E-state index in [-0.39, 0.29) is 33.0 Å². The molecule has 4 rings (SSSR count). The Bertz CT molecular complexity index is 1110. The summed E-state index contributed by atoms with van der Waals surface area (Å²) in [6.45, 7) is 0.814. The van der Waals surface area contributed by atoms with Crippen molar-refractivity contribution in [3.8, 4) is 0 Å². The first-order valence-corrected chi connectivity index (χ1v) is 19.1. The van der Waals surface area contributed by atoms with Gasteiger partial charge in [-0.05, 0) is 0 Å². The highest BCUT2D eigenvalue weighted by atomic mass is 17.2. The number of methoxy groups -OCH3 is 12. The minimum Gasteiger partial charge on any atom is -0.382 e. The number of hydrogen-bond acceptors (Lipinski definition) is 21. The molecule has 0 spiro atoms. The van der Waals surface area contributed by atoms with Crippen LogP contribution in [-0.4, -0.2) is 242 Å². The summed E-state index contributed by atoms with van der Waals surface area (Å²) in [5, 5.41) is 0. The molecule has 342 valence electrons. The second-order valence-electron chi connectivity index (χ2n) is 14.0. The van der Waals surface area contributed by atoms with Crippen LogP contribution >= 0.6 is 0 Å². The maximum absolute atomic E-state index is 6.81. The molecule has 0 saturated carbocycles. The molecule has 0 aliphatic carbocycles. The quantitative estimate of drug-likeness (QED) is 0.0880. The standard InChI is InChI=1S/C37H68O21/c1-38-14-20-25(24(43-6)19(42-5)18-51-20)55-35-32(47-10)29(44-7)26(21(52-35)15-39-2)56-36-33(48-11)30(45-8)27(22(53-36)16-40-3)57-37-34(49-12)31(46-9)28(58-50-13)23(54-37)17-41-4/h19-37H,14-18H2,1-13H3/t19?,20?,21?,22?,23?,24-,25-,26-,27-,28-,29+,30+,31+,32?,33?,34?,35+,36+,37+/m0/s1. The van der Waals surface area contributed by atoms with Gasteiger partial charge < -0.3 is 90.0 Å². The maximum Gasteiger partial charge on any atom is 0.187 e. The second-order valence-corrected chi connectivity index (χ2v) is 14.0. The summed E-state index contributed by atoms with van der Waals surface area (Å²) in [6, 6.07) is 0. The van der Waals surface area contributed by atoms with Crippen molar-refractivity contribution in [2.45, 2.75) is 117 Å². The molecule has 0 aromatic rings. The fourth-order valence-corrected chi connectivity index (χ4v) is 8.22. The summed E-state index contributed by atoms with van der Waals surface area (Å²) >= 11 is 0. The molecule has 4 saturated heterocycles. The Kier molecular flexibility index (Phi) is 21.7. The van der Waals surface area contributed by atoms with E-state index in [1.165, 1.54) is 42.7 Å². The third-order valence-electron chi connectivity index (χ3n) is 10.9. The van der Waals surface area contributed by atoms with Crippen LogP contribution in [0.15, 0.2) is 0 Å². The number of rotatable bonds is 24. The molecule has 21 nitrogen and oxygen atoms in total. The van der Waals surface area contributed by atoms with Crippen molar-refractivity contribution < 1.29 is 99.8 Å². The molecular formula is C37H68O21. The zero-order valence-electron chi connectivity index (χ0n) is 36.1. The van der Waals surface area contributed by atoms with Crippen molar-refractivity contribution in [1.29, 1.82) is 0 Å². The van der Waals surface area contributed by atoms with Crippen molar-refractivity contribution in [3.05, 3.63) is 0 Å². The molecular weight excluding hydrogens is 780 g/mol. The molecule has 4 heterocycles. The van der Waals surface area contributed by atoms with Gasteiger partial charge in [-0.2, -0.15) is 0 Å². The predicted octanol–water partition coefficient (Wildman–Crippen LogP) is -0.632. The van der Waals surface area contributed by atoms with Gasteiger partial charge in [-0.15, -0.1) is 0 Å². The largest absolute Gasteiger partial charge is 0.382 e. The molecule has 0 bridgehead atoms. The minimum absolute atomic E-state index is 0.0675. The lowest BCUT2D eigenvalue weighted by Gasteiger charge is -2.51. The van der Waals surface area contributed by atoms with Crippen LogP contribution in [0.4, 0.5) is 0 Å². The van der Waals surface area contributed by atoms with E-state index in [4.69, 9.17) is 99.8 Å². The monoisotopic (exact) mass is 848 g/mol. The predicted molar refractivity (Wildman–Crippen MR) is 196 cm³/mol. The molecule has 0 N–H and O–H groups in total. The lowest BCUT2D eigenvalue weighted by molar-refractivity contribution is -0.409. The van der Waals surface area contributed by atoms with Crippen molar-refractivity contribution >= 4 is 0 Å². The van der Waals surface area contributed by atoms with Crippen LogP contribution in [0.5, 0.6) is 0 Å². The third kappa shape index (κ3) is 11.4. The minimum atomic E-state index is -1.08. The highest BCUT2D eigenvalue weighted by molar-refractivity contribution is 5.00. The lowest BCUT2D eigenvalue weighted by atomic mass is 9.95. The van der Waals surface area contributed by atoms with Gasteiger partial charge in [-0.25, -0.2) is 9.78 Å². The van der Waals surface area contributed by atoms with Crippen molar-refractivity contribution in [1.82, 2.24) is 0 Å². The van der Waals surface area contributed by atoms with Gasteiger partial charge in [0.1, 0.15) is 91.6 Å². The van der Waals surface area contributed by atoms with Crippen LogP contribution < -0.4 is 0 Å². The zero-order valence-corrected chi connectivity index (χ0v) is 36.1. The maximum atomic E-state index is 6.81. The van der Waals surface area contributed by atoms with Gasteiger partial charge in [0.05, 0.1) is 40.1 Å². The van der Waals surface area contributed by atoms with Crippen LogP contribution in [0.3, 0.4) is 0 Å². The third-order valence-corrected chi connectivity index (χ3v) is 10.9. The Labute approximate surface area is 341 Å². The van der Waals surface area contributed by atoms with Crippen LogP contribution in [0, 0.1) is 0 Å². The zero-order chi connectivity index (χ0) is 42.4. The topological polar surface area (TPSA) is 194 Å². The lowest BCUT2D eigenvalue weighted by Crippen LogP contribution is -2.68. The molecule has 58 heavy (non-hydrogen) atoms. The smallest absolute Gasteiger partial charge is 0.187 e.